The lowest BCUT2D eigenvalue weighted by atomic mass is 9.79. The Hall–Kier alpha value is -2.80. The fraction of sp³-hybridized carbons (Fsp3) is 0.440. The van der Waals surface area contributed by atoms with Gasteiger partial charge in [0.15, 0.2) is 0 Å². The number of nitrogens with one attached hydrogen (secondary N) is 1. The fourth-order valence-corrected chi connectivity index (χ4v) is 4.54. The molecule has 4 rings (SSSR count). The first-order valence-electron chi connectivity index (χ1n) is 10.9. The van der Waals surface area contributed by atoms with Gasteiger partial charge in [-0.05, 0) is 79.8 Å². The highest BCUT2D eigenvalue weighted by atomic mass is 16.2. The van der Waals surface area contributed by atoms with Gasteiger partial charge in [-0.1, -0.05) is 24.6 Å². The van der Waals surface area contributed by atoms with Crippen LogP contribution in [0.4, 0.5) is 5.69 Å². The number of amides is 1. The summed E-state index contributed by atoms with van der Waals surface area (Å²) in [4.78, 5) is 15.1. The first kappa shape index (κ1) is 19.5. The van der Waals surface area contributed by atoms with Gasteiger partial charge < -0.3 is 10.2 Å². The Morgan fingerprint density at radius 2 is 1.79 bits per heavy atom. The van der Waals surface area contributed by atoms with Crippen molar-refractivity contribution in [2.75, 3.05) is 25.0 Å². The maximum atomic E-state index is 13.1. The van der Waals surface area contributed by atoms with Gasteiger partial charge in [0.1, 0.15) is 0 Å². The molecule has 4 heteroatoms. The van der Waals surface area contributed by atoms with Gasteiger partial charge >= 0.3 is 0 Å². The van der Waals surface area contributed by atoms with Gasteiger partial charge in [0.25, 0.3) is 5.91 Å². The standard InChI is InChI=1S/C25H29N3O/c1-2-27-24-16-22(10-11-23(24)21-4-3-5-21)25(29)28-14-12-20(13-15-28)19-8-6-18(17-26)7-9-19/h6-11,16,20-21,27H,2-5,12-15H2,1H3. The third-order valence-electron chi connectivity index (χ3n) is 6.51. The molecular weight excluding hydrogens is 358 g/mol. The highest BCUT2D eigenvalue weighted by Crippen LogP contribution is 2.40. The number of rotatable bonds is 5. The van der Waals surface area contributed by atoms with E-state index in [-0.39, 0.29) is 5.91 Å². The number of hydrogen-bond donors (Lipinski definition) is 1. The highest BCUT2D eigenvalue weighted by Gasteiger charge is 2.26. The average molecular weight is 388 g/mol. The van der Waals surface area contributed by atoms with Crippen LogP contribution in [0.2, 0.25) is 0 Å². The third kappa shape index (κ3) is 4.15. The number of likely N-dealkylation sites (tertiary alicyclic amines) is 1. The molecular formula is C25H29N3O. The van der Waals surface area contributed by atoms with E-state index in [2.05, 4.69) is 42.6 Å². The van der Waals surface area contributed by atoms with E-state index in [0.717, 1.165) is 43.7 Å². The van der Waals surface area contributed by atoms with Crippen molar-refractivity contribution in [3.63, 3.8) is 0 Å². The second kappa shape index (κ2) is 8.69. The number of piperidine rings is 1. The topological polar surface area (TPSA) is 56.1 Å². The molecule has 0 unspecified atom stereocenters. The molecule has 2 aliphatic rings. The number of hydrogen-bond acceptors (Lipinski definition) is 3. The summed E-state index contributed by atoms with van der Waals surface area (Å²) in [6.45, 7) is 4.54. The minimum atomic E-state index is 0.141. The van der Waals surface area contributed by atoms with Crippen molar-refractivity contribution in [2.45, 2.75) is 50.9 Å². The molecule has 2 aromatic rings. The molecule has 1 aliphatic heterocycles. The van der Waals surface area contributed by atoms with Crippen LogP contribution in [0.25, 0.3) is 0 Å². The second-order valence-corrected chi connectivity index (χ2v) is 8.26. The van der Waals surface area contributed by atoms with Gasteiger partial charge in [0.05, 0.1) is 11.6 Å². The highest BCUT2D eigenvalue weighted by molar-refractivity contribution is 5.95. The fourth-order valence-electron chi connectivity index (χ4n) is 4.54. The van der Waals surface area contributed by atoms with E-state index in [1.165, 1.54) is 30.4 Å². The Balaban J connectivity index is 1.42. The van der Waals surface area contributed by atoms with Crippen LogP contribution in [0.1, 0.15) is 77.9 Å². The van der Waals surface area contributed by atoms with Crippen molar-refractivity contribution in [3.8, 4) is 6.07 Å². The van der Waals surface area contributed by atoms with Crippen molar-refractivity contribution in [2.24, 2.45) is 0 Å². The van der Waals surface area contributed by atoms with E-state index in [9.17, 15) is 4.79 Å². The zero-order valence-electron chi connectivity index (χ0n) is 17.2. The average Bonchev–Trinajstić information content (AvgIpc) is 2.73. The van der Waals surface area contributed by atoms with Gasteiger partial charge in [0.2, 0.25) is 0 Å². The maximum absolute atomic E-state index is 13.1. The van der Waals surface area contributed by atoms with Crippen molar-refractivity contribution < 1.29 is 4.79 Å². The van der Waals surface area contributed by atoms with E-state index in [4.69, 9.17) is 5.26 Å². The van der Waals surface area contributed by atoms with Crippen molar-refractivity contribution in [1.29, 1.82) is 5.26 Å². The van der Waals surface area contributed by atoms with Crippen molar-refractivity contribution in [1.82, 2.24) is 4.90 Å². The predicted octanol–water partition coefficient (Wildman–Crippen LogP) is 5.28. The molecule has 150 valence electrons. The molecule has 1 N–H and O–H groups in total. The molecule has 0 spiro atoms. The first-order chi connectivity index (χ1) is 14.2. The number of anilines is 1. The molecule has 4 nitrogen and oxygen atoms in total. The summed E-state index contributed by atoms with van der Waals surface area (Å²) >= 11 is 0. The Kier molecular flexibility index (Phi) is 5.85. The molecule has 1 amide bonds. The first-order valence-corrected chi connectivity index (χ1v) is 10.9. The molecule has 2 fully saturated rings. The minimum absolute atomic E-state index is 0.141. The van der Waals surface area contributed by atoms with E-state index in [1.807, 2.05) is 23.1 Å². The van der Waals surface area contributed by atoms with Crippen LogP contribution in [-0.4, -0.2) is 30.4 Å². The quantitative estimate of drug-likeness (QED) is 0.760. The molecule has 29 heavy (non-hydrogen) atoms. The SMILES string of the molecule is CCNc1cc(C(=O)N2CCC(c3ccc(C#N)cc3)CC2)ccc1C1CCC1. The summed E-state index contributed by atoms with van der Waals surface area (Å²) in [7, 11) is 0. The zero-order valence-corrected chi connectivity index (χ0v) is 17.2. The molecule has 0 bridgehead atoms. The largest absolute Gasteiger partial charge is 0.385 e. The number of carbonyl (C=O) groups is 1. The molecule has 0 aromatic heterocycles. The van der Waals surface area contributed by atoms with E-state index >= 15 is 0 Å². The lowest BCUT2D eigenvalue weighted by Gasteiger charge is -2.33. The van der Waals surface area contributed by atoms with E-state index in [0.29, 0.717) is 17.4 Å². The smallest absolute Gasteiger partial charge is 0.253 e. The van der Waals surface area contributed by atoms with Crippen LogP contribution < -0.4 is 5.32 Å². The molecule has 1 saturated carbocycles. The van der Waals surface area contributed by atoms with Crippen molar-refractivity contribution >= 4 is 11.6 Å². The summed E-state index contributed by atoms with van der Waals surface area (Å²) in [5, 5.41) is 12.4. The lowest BCUT2D eigenvalue weighted by Crippen LogP contribution is -2.38. The molecule has 0 atom stereocenters. The Morgan fingerprint density at radius 3 is 2.38 bits per heavy atom. The Morgan fingerprint density at radius 1 is 1.07 bits per heavy atom. The van der Waals surface area contributed by atoms with Crippen molar-refractivity contribution in [3.05, 3.63) is 64.7 Å². The number of benzene rings is 2. The van der Waals surface area contributed by atoms with Gasteiger partial charge in [-0.3, -0.25) is 4.79 Å². The maximum Gasteiger partial charge on any atom is 0.253 e. The molecule has 1 aliphatic carbocycles. The summed E-state index contributed by atoms with van der Waals surface area (Å²) in [6.07, 6.45) is 5.77. The summed E-state index contributed by atoms with van der Waals surface area (Å²) in [5.41, 5.74) is 5.27. The Labute approximate surface area is 173 Å². The molecule has 1 saturated heterocycles. The minimum Gasteiger partial charge on any atom is -0.385 e. The van der Waals surface area contributed by atoms with Gasteiger partial charge in [-0.25, -0.2) is 0 Å². The molecule has 2 aromatic carbocycles. The van der Waals surface area contributed by atoms with E-state index < -0.39 is 0 Å². The summed E-state index contributed by atoms with van der Waals surface area (Å²) < 4.78 is 0. The van der Waals surface area contributed by atoms with Crippen LogP contribution in [0.5, 0.6) is 0 Å². The lowest BCUT2D eigenvalue weighted by molar-refractivity contribution is 0.0713. The van der Waals surface area contributed by atoms with Gasteiger partial charge in [0, 0.05) is 30.9 Å². The Bertz CT molecular complexity index is 901. The van der Waals surface area contributed by atoms with Gasteiger partial charge in [-0.2, -0.15) is 5.26 Å². The molecule has 0 radical (unpaired) electrons. The summed E-state index contributed by atoms with van der Waals surface area (Å²) in [6, 6.07) is 16.3. The van der Waals surface area contributed by atoms with Crippen LogP contribution in [-0.2, 0) is 0 Å². The second-order valence-electron chi connectivity index (χ2n) is 8.26. The van der Waals surface area contributed by atoms with Crippen LogP contribution in [0, 0.1) is 11.3 Å². The molecule has 1 heterocycles. The summed E-state index contributed by atoms with van der Waals surface area (Å²) in [5.74, 6) is 1.25. The number of nitrogens with zero attached hydrogens (tertiary/aromatic N) is 2. The third-order valence-corrected chi connectivity index (χ3v) is 6.51. The monoisotopic (exact) mass is 387 g/mol. The van der Waals surface area contributed by atoms with E-state index in [1.54, 1.807) is 0 Å². The number of carbonyl (C=O) groups excluding carboxylic acids is 1. The predicted molar refractivity (Wildman–Crippen MR) is 116 cm³/mol. The van der Waals surface area contributed by atoms with Crippen LogP contribution in [0.15, 0.2) is 42.5 Å². The number of nitriles is 1. The normalized spacial score (nSPS) is 17.4. The van der Waals surface area contributed by atoms with Gasteiger partial charge in [-0.15, -0.1) is 0 Å². The van der Waals surface area contributed by atoms with Crippen LogP contribution in [0.3, 0.4) is 0 Å². The van der Waals surface area contributed by atoms with Crippen LogP contribution >= 0.6 is 0 Å². The zero-order chi connectivity index (χ0) is 20.2.